The summed E-state index contributed by atoms with van der Waals surface area (Å²) in [5, 5.41) is 11.8. The van der Waals surface area contributed by atoms with Crippen LogP contribution in [0.4, 0.5) is 5.69 Å². The van der Waals surface area contributed by atoms with Crippen molar-refractivity contribution in [3.05, 3.63) is 71.6 Å². The van der Waals surface area contributed by atoms with E-state index in [0.717, 1.165) is 37.4 Å². The fourth-order valence-corrected chi connectivity index (χ4v) is 2.84. The lowest BCUT2D eigenvalue weighted by atomic mass is 10.1. The van der Waals surface area contributed by atoms with Crippen molar-refractivity contribution in [3.63, 3.8) is 0 Å². The predicted molar refractivity (Wildman–Crippen MR) is 108 cm³/mol. The smallest absolute Gasteiger partial charge is 0.267 e. The Morgan fingerprint density at radius 2 is 1.79 bits per heavy atom. The molecule has 0 atom stereocenters. The summed E-state index contributed by atoms with van der Waals surface area (Å²) in [6.45, 7) is 3.88. The molecule has 1 aromatic heterocycles. The second kappa shape index (κ2) is 9.59. The van der Waals surface area contributed by atoms with E-state index >= 15 is 0 Å². The van der Waals surface area contributed by atoms with Gasteiger partial charge in [0.25, 0.3) is 5.91 Å². The third-order valence-electron chi connectivity index (χ3n) is 4.39. The Morgan fingerprint density at radius 3 is 2.43 bits per heavy atom. The van der Waals surface area contributed by atoms with E-state index in [1.54, 1.807) is 24.4 Å². The molecule has 0 spiro atoms. The molecule has 0 radical (unpaired) electrons. The predicted octanol–water partition coefficient (Wildman–Crippen LogP) is 1.91. The Morgan fingerprint density at radius 1 is 1.04 bits per heavy atom. The molecule has 0 bridgehead atoms. The van der Waals surface area contributed by atoms with Crippen LogP contribution in [-0.2, 0) is 4.79 Å². The summed E-state index contributed by atoms with van der Waals surface area (Å²) in [7, 11) is 0. The van der Waals surface area contributed by atoms with Crippen LogP contribution in [0.15, 0.2) is 54.7 Å². The molecule has 1 aromatic carbocycles. The molecule has 2 aromatic rings. The average molecular weight is 378 g/mol. The summed E-state index contributed by atoms with van der Waals surface area (Å²) in [6.07, 6.45) is 7.47. The highest BCUT2D eigenvalue weighted by Crippen LogP contribution is 2.16. The molecule has 0 saturated carbocycles. The zero-order valence-electron chi connectivity index (χ0n) is 15.3. The molecule has 28 heavy (non-hydrogen) atoms. The number of benzene rings is 1. The van der Waals surface area contributed by atoms with Crippen molar-refractivity contribution in [2.24, 2.45) is 0 Å². The second-order valence-corrected chi connectivity index (χ2v) is 6.31. The van der Waals surface area contributed by atoms with Crippen LogP contribution in [-0.4, -0.2) is 48.1 Å². The molecule has 0 unspecified atom stereocenters. The summed E-state index contributed by atoms with van der Waals surface area (Å²) in [5.74, 6) is -0.699. The quantitative estimate of drug-likeness (QED) is 0.308. The third-order valence-corrected chi connectivity index (χ3v) is 4.39. The van der Waals surface area contributed by atoms with Crippen LogP contribution in [0.25, 0.3) is 12.2 Å². The van der Waals surface area contributed by atoms with Gasteiger partial charge in [0, 0.05) is 49.7 Å². The van der Waals surface area contributed by atoms with Crippen molar-refractivity contribution >= 4 is 29.5 Å². The number of anilines is 1. The minimum absolute atomic E-state index is 0.0737. The first-order chi connectivity index (χ1) is 13.7. The lowest BCUT2D eigenvalue weighted by molar-refractivity contribution is -0.124. The van der Waals surface area contributed by atoms with Crippen molar-refractivity contribution in [2.45, 2.75) is 0 Å². The molecule has 0 aliphatic carbocycles. The summed E-state index contributed by atoms with van der Waals surface area (Å²) >= 11 is 0. The summed E-state index contributed by atoms with van der Waals surface area (Å²) < 4.78 is 0. The molecule has 1 saturated heterocycles. The Hall–Kier alpha value is -3.29. The number of aromatic nitrogens is 1. The number of hydrogen-bond acceptors (Lipinski definition) is 6. The SMILES string of the molecule is O=C(/C=C/c1ccc(/C=C/C(=O)c2ccc(N3CCNCC3)cc2)cn1)NO. The Bertz CT molecular complexity index is 868. The van der Waals surface area contributed by atoms with Gasteiger partial charge in [0.1, 0.15) is 0 Å². The first-order valence-corrected chi connectivity index (χ1v) is 9.02. The van der Waals surface area contributed by atoms with E-state index < -0.39 is 5.91 Å². The normalized spacial score (nSPS) is 14.5. The minimum Gasteiger partial charge on any atom is -0.369 e. The van der Waals surface area contributed by atoms with Crippen LogP contribution in [0, 0.1) is 0 Å². The van der Waals surface area contributed by atoms with Crippen molar-refractivity contribution in [2.75, 3.05) is 31.1 Å². The Kier molecular flexibility index (Phi) is 6.67. The molecular weight excluding hydrogens is 356 g/mol. The van der Waals surface area contributed by atoms with Gasteiger partial charge in [-0.1, -0.05) is 6.07 Å². The fraction of sp³-hybridized carbons (Fsp3) is 0.190. The molecule has 1 aliphatic heterocycles. The molecule has 1 amide bonds. The number of nitrogens with one attached hydrogen (secondary N) is 2. The maximum Gasteiger partial charge on any atom is 0.267 e. The molecule has 7 heteroatoms. The van der Waals surface area contributed by atoms with Gasteiger partial charge in [-0.2, -0.15) is 0 Å². The number of hydrogen-bond donors (Lipinski definition) is 3. The number of pyridine rings is 1. The number of allylic oxidation sites excluding steroid dienone is 1. The summed E-state index contributed by atoms with van der Waals surface area (Å²) in [6, 6.07) is 11.2. The number of carbonyl (C=O) groups excluding carboxylic acids is 2. The summed E-state index contributed by atoms with van der Waals surface area (Å²) in [4.78, 5) is 29.8. The first kappa shape index (κ1) is 19.5. The van der Waals surface area contributed by atoms with Crippen LogP contribution in [0.1, 0.15) is 21.6 Å². The topological polar surface area (TPSA) is 94.6 Å². The maximum absolute atomic E-state index is 12.4. The van der Waals surface area contributed by atoms with Gasteiger partial charge in [0.05, 0.1) is 5.69 Å². The van der Waals surface area contributed by atoms with Crippen molar-refractivity contribution < 1.29 is 14.8 Å². The standard InChI is InChI=1S/C21H22N4O3/c26-20(17-3-7-19(8-4-17)25-13-11-22-12-14-25)9-2-16-1-5-18(23-15-16)6-10-21(27)24-28/h1-10,15,22,28H,11-14H2,(H,24,27)/b9-2+,10-6+. The second-order valence-electron chi connectivity index (χ2n) is 6.31. The average Bonchev–Trinajstić information content (AvgIpc) is 2.77. The van der Waals surface area contributed by atoms with E-state index in [1.165, 1.54) is 23.7 Å². The first-order valence-electron chi connectivity index (χ1n) is 9.02. The van der Waals surface area contributed by atoms with Gasteiger partial charge in [-0.3, -0.25) is 19.8 Å². The monoisotopic (exact) mass is 378 g/mol. The highest BCUT2D eigenvalue weighted by Gasteiger charge is 2.10. The van der Waals surface area contributed by atoms with E-state index in [2.05, 4.69) is 15.2 Å². The van der Waals surface area contributed by atoms with E-state index in [1.807, 2.05) is 24.3 Å². The molecule has 7 nitrogen and oxygen atoms in total. The number of carbonyl (C=O) groups is 2. The van der Waals surface area contributed by atoms with Crippen LogP contribution in [0.5, 0.6) is 0 Å². The fourth-order valence-electron chi connectivity index (χ4n) is 2.84. The van der Waals surface area contributed by atoms with Gasteiger partial charge in [-0.05, 0) is 54.1 Å². The van der Waals surface area contributed by atoms with Gasteiger partial charge in [-0.25, -0.2) is 5.48 Å². The van der Waals surface area contributed by atoms with Crippen molar-refractivity contribution in [1.82, 2.24) is 15.8 Å². The van der Waals surface area contributed by atoms with Crippen LogP contribution >= 0.6 is 0 Å². The van der Waals surface area contributed by atoms with Gasteiger partial charge < -0.3 is 10.2 Å². The van der Waals surface area contributed by atoms with E-state index in [9.17, 15) is 9.59 Å². The van der Waals surface area contributed by atoms with Crippen LogP contribution in [0.2, 0.25) is 0 Å². The molecule has 144 valence electrons. The number of rotatable bonds is 6. The lowest BCUT2D eigenvalue weighted by Crippen LogP contribution is -2.43. The molecule has 3 rings (SSSR count). The molecule has 2 heterocycles. The number of piperazine rings is 1. The van der Waals surface area contributed by atoms with Crippen molar-refractivity contribution in [3.8, 4) is 0 Å². The van der Waals surface area contributed by atoms with Gasteiger partial charge in [0.2, 0.25) is 0 Å². The summed E-state index contributed by atoms with van der Waals surface area (Å²) in [5.41, 5.74) is 4.61. The third kappa shape index (κ3) is 5.35. The van der Waals surface area contributed by atoms with Gasteiger partial charge in [-0.15, -0.1) is 0 Å². The highest BCUT2D eigenvalue weighted by molar-refractivity contribution is 6.07. The Labute approximate surface area is 163 Å². The van der Waals surface area contributed by atoms with Crippen molar-refractivity contribution in [1.29, 1.82) is 0 Å². The highest BCUT2D eigenvalue weighted by atomic mass is 16.5. The molecule has 3 N–H and O–H groups in total. The lowest BCUT2D eigenvalue weighted by Gasteiger charge is -2.29. The maximum atomic E-state index is 12.4. The molecule has 1 fully saturated rings. The number of ketones is 1. The zero-order chi connectivity index (χ0) is 19.8. The number of amides is 1. The molecule has 1 aliphatic rings. The van der Waals surface area contributed by atoms with E-state index in [4.69, 9.17) is 5.21 Å². The minimum atomic E-state index is -0.626. The van der Waals surface area contributed by atoms with E-state index in [0.29, 0.717) is 11.3 Å². The van der Waals surface area contributed by atoms with Gasteiger partial charge in [0.15, 0.2) is 5.78 Å². The number of nitrogens with zero attached hydrogens (tertiary/aromatic N) is 2. The van der Waals surface area contributed by atoms with Gasteiger partial charge >= 0.3 is 0 Å². The zero-order valence-corrected chi connectivity index (χ0v) is 15.3. The Balaban J connectivity index is 1.60. The molecular formula is C21H22N4O3. The largest absolute Gasteiger partial charge is 0.369 e. The van der Waals surface area contributed by atoms with Crippen LogP contribution < -0.4 is 15.7 Å². The van der Waals surface area contributed by atoms with E-state index in [-0.39, 0.29) is 5.78 Å². The number of hydroxylamine groups is 1. The van der Waals surface area contributed by atoms with Crippen LogP contribution in [0.3, 0.4) is 0 Å².